The summed E-state index contributed by atoms with van der Waals surface area (Å²) >= 11 is 0. The van der Waals surface area contributed by atoms with Gasteiger partial charge in [-0.3, -0.25) is 4.98 Å². The van der Waals surface area contributed by atoms with E-state index in [4.69, 9.17) is 4.43 Å². The van der Waals surface area contributed by atoms with Crippen LogP contribution < -0.4 is 0 Å². The number of nitrogens with zero attached hydrogens (tertiary/aromatic N) is 1. The Hall–Kier alpha value is -1.89. The zero-order chi connectivity index (χ0) is 16.2. The lowest BCUT2D eigenvalue weighted by molar-refractivity contribution is 0.143. The molecule has 1 aromatic carbocycles. The quantitative estimate of drug-likeness (QED) is 0.615. The number of hydrogen-bond donors (Lipinski definition) is 0. The highest BCUT2D eigenvalue weighted by Crippen LogP contribution is 2.28. The van der Waals surface area contributed by atoms with Crippen molar-refractivity contribution in [1.82, 2.24) is 4.98 Å². The van der Waals surface area contributed by atoms with Gasteiger partial charge in [-0.2, -0.15) is 0 Å². The van der Waals surface area contributed by atoms with E-state index in [-0.39, 0.29) is 0 Å². The molecule has 0 bridgehead atoms. The van der Waals surface area contributed by atoms with Crippen molar-refractivity contribution in [3.8, 4) is 11.8 Å². The molecule has 0 spiro atoms. The van der Waals surface area contributed by atoms with Crippen molar-refractivity contribution in [1.29, 1.82) is 0 Å². The largest absolute Gasteiger partial charge is 0.398 e. The maximum absolute atomic E-state index is 6.40. The number of rotatable bonds is 3. The fourth-order valence-electron chi connectivity index (χ4n) is 2.26. The third kappa shape index (κ3) is 4.56. The normalized spacial score (nSPS) is 13.9. The lowest BCUT2D eigenvalue weighted by atomic mass is 9.96. The molecule has 2 rings (SSSR count). The van der Waals surface area contributed by atoms with Gasteiger partial charge in [0.05, 0.1) is 0 Å². The van der Waals surface area contributed by atoms with Gasteiger partial charge in [-0.25, -0.2) is 0 Å². The lowest BCUT2D eigenvalue weighted by Gasteiger charge is -2.32. The van der Waals surface area contributed by atoms with Gasteiger partial charge < -0.3 is 4.43 Å². The highest BCUT2D eigenvalue weighted by Gasteiger charge is 2.31. The van der Waals surface area contributed by atoms with Gasteiger partial charge in [-0.05, 0) is 51.2 Å². The minimum absolute atomic E-state index is 0.601. The van der Waals surface area contributed by atoms with Crippen molar-refractivity contribution in [2.24, 2.45) is 0 Å². The molecule has 1 heterocycles. The van der Waals surface area contributed by atoms with Crippen LogP contribution in [0.2, 0.25) is 19.6 Å². The molecule has 0 aliphatic carbocycles. The molecule has 0 amide bonds. The van der Waals surface area contributed by atoms with Crippen LogP contribution in [0.1, 0.15) is 23.7 Å². The molecular formula is C19H23NOSi. The molecule has 0 radical (unpaired) electrons. The van der Waals surface area contributed by atoms with E-state index >= 15 is 0 Å². The topological polar surface area (TPSA) is 22.1 Å². The molecule has 0 saturated heterocycles. The van der Waals surface area contributed by atoms with E-state index in [1.807, 2.05) is 43.5 Å². The summed E-state index contributed by atoms with van der Waals surface area (Å²) in [5.74, 6) is 6.55. The molecule has 0 saturated carbocycles. The van der Waals surface area contributed by atoms with Gasteiger partial charge in [0.15, 0.2) is 8.32 Å². The van der Waals surface area contributed by atoms with Gasteiger partial charge >= 0.3 is 0 Å². The first-order valence-corrected chi connectivity index (χ1v) is 10.9. The average molecular weight is 309 g/mol. The molecule has 0 fully saturated rings. The van der Waals surface area contributed by atoms with Crippen molar-refractivity contribution in [2.45, 2.75) is 39.1 Å². The average Bonchev–Trinajstić information content (AvgIpc) is 2.46. The van der Waals surface area contributed by atoms with Crippen molar-refractivity contribution < 1.29 is 4.43 Å². The molecule has 2 nitrogen and oxygen atoms in total. The fourth-order valence-corrected chi connectivity index (χ4v) is 3.65. The van der Waals surface area contributed by atoms with Crippen molar-refractivity contribution >= 4 is 8.32 Å². The molecule has 114 valence electrons. The Bertz CT molecular complexity index is 677. The standard InChI is InChI=1S/C19H23NOSi/c1-16-11-12-17(15-20-16)13-14-19(2,21-22(3,4)5)18-9-7-6-8-10-18/h6-12,15H,1-5H3. The van der Waals surface area contributed by atoms with Gasteiger partial charge in [0.25, 0.3) is 0 Å². The molecule has 3 heteroatoms. The van der Waals surface area contributed by atoms with E-state index in [0.29, 0.717) is 0 Å². The first-order valence-electron chi connectivity index (χ1n) is 7.50. The second-order valence-electron chi connectivity index (χ2n) is 6.55. The zero-order valence-electron chi connectivity index (χ0n) is 14.0. The SMILES string of the molecule is Cc1ccc(C#CC(C)(O[Si](C)(C)C)c2ccccc2)cn1. The van der Waals surface area contributed by atoms with Crippen LogP contribution in [0.25, 0.3) is 0 Å². The fraction of sp³-hybridized carbons (Fsp3) is 0.316. The highest BCUT2D eigenvalue weighted by atomic mass is 28.4. The summed E-state index contributed by atoms with van der Waals surface area (Å²) in [7, 11) is -1.74. The summed E-state index contributed by atoms with van der Waals surface area (Å²) in [6.45, 7) is 10.6. The summed E-state index contributed by atoms with van der Waals surface area (Å²) < 4.78 is 6.40. The molecule has 1 aromatic heterocycles. The van der Waals surface area contributed by atoms with Gasteiger partial charge in [-0.15, -0.1) is 0 Å². The van der Waals surface area contributed by atoms with Gasteiger partial charge in [-0.1, -0.05) is 42.2 Å². The van der Waals surface area contributed by atoms with Crippen LogP contribution in [0, 0.1) is 18.8 Å². The first kappa shape index (κ1) is 16.5. The summed E-state index contributed by atoms with van der Waals surface area (Å²) in [5, 5.41) is 0. The zero-order valence-corrected chi connectivity index (χ0v) is 15.0. The van der Waals surface area contributed by atoms with E-state index in [2.05, 4.69) is 55.5 Å². The molecule has 1 atom stereocenters. The Morgan fingerprint density at radius 2 is 1.73 bits per heavy atom. The number of benzene rings is 1. The second-order valence-corrected chi connectivity index (χ2v) is 11.0. The summed E-state index contributed by atoms with van der Waals surface area (Å²) in [6, 6.07) is 14.2. The van der Waals surface area contributed by atoms with Gasteiger partial charge in [0.2, 0.25) is 0 Å². The van der Waals surface area contributed by atoms with Crippen LogP contribution in [0.15, 0.2) is 48.7 Å². The predicted molar refractivity (Wildman–Crippen MR) is 94.1 cm³/mol. The Morgan fingerprint density at radius 1 is 1.05 bits per heavy atom. The van der Waals surface area contributed by atoms with Crippen LogP contribution in [-0.2, 0) is 10.0 Å². The van der Waals surface area contributed by atoms with E-state index in [1.165, 1.54) is 0 Å². The molecule has 22 heavy (non-hydrogen) atoms. The van der Waals surface area contributed by atoms with Crippen LogP contribution in [0.5, 0.6) is 0 Å². The van der Waals surface area contributed by atoms with Crippen LogP contribution >= 0.6 is 0 Å². The number of aryl methyl sites for hydroxylation is 1. The summed E-state index contributed by atoms with van der Waals surface area (Å²) in [5.41, 5.74) is 2.39. The van der Waals surface area contributed by atoms with Crippen LogP contribution in [0.3, 0.4) is 0 Å². The smallest absolute Gasteiger partial charge is 0.186 e. The maximum Gasteiger partial charge on any atom is 0.186 e. The Kier molecular flexibility index (Phi) is 4.85. The van der Waals surface area contributed by atoms with Crippen molar-refractivity contribution in [3.63, 3.8) is 0 Å². The van der Waals surface area contributed by atoms with E-state index in [1.54, 1.807) is 0 Å². The molecular weight excluding hydrogens is 286 g/mol. The Balaban J connectivity index is 2.40. The van der Waals surface area contributed by atoms with Crippen molar-refractivity contribution in [3.05, 3.63) is 65.5 Å². The molecule has 1 unspecified atom stereocenters. The summed E-state index contributed by atoms with van der Waals surface area (Å²) in [6.07, 6.45) is 1.81. The number of pyridine rings is 1. The predicted octanol–water partition coefficient (Wildman–Crippen LogP) is 4.51. The molecule has 0 aliphatic heterocycles. The minimum atomic E-state index is -1.74. The van der Waals surface area contributed by atoms with Gasteiger partial charge in [0.1, 0.15) is 5.60 Å². The Labute approximate surface area is 134 Å². The molecule has 0 N–H and O–H groups in total. The van der Waals surface area contributed by atoms with Crippen molar-refractivity contribution in [2.75, 3.05) is 0 Å². The van der Waals surface area contributed by atoms with E-state index < -0.39 is 13.9 Å². The van der Waals surface area contributed by atoms with Crippen LogP contribution in [-0.4, -0.2) is 13.3 Å². The third-order valence-electron chi connectivity index (χ3n) is 3.19. The van der Waals surface area contributed by atoms with E-state index in [0.717, 1.165) is 16.8 Å². The summed E-state index contributed by atoms with van der Waals surface area (Å²) in [4.78, 5) is 4.29. The highest BCUT2D eigenvalue weighted by molar-refractivity contribution is 6.69. The van der Waals surface area contributed by atoms with Gasteiger partial charge in [0, 0.05) is 17.5 Å². The number of aromatic nitrogens is 1. The second kappa shape index (κ2) is 6.47. The monoisotopic (exact) mass is 309 g/mol. The third-order valence-corrected chi connectivity index (χ3v) is 4.21. The minimum Gasteiger partial charge on any atom is -0.398 e. The maximum atomic E-state index is 6.40. The number of hydrogen-bond acceptors (Lipinski definition) is 2. The lowest BCUT2D eigenvalue weighted by Crippen LogP contribution is -2.37. The molecule has 0 aliphatic rings. The van der Waals surface area contributed by atoms with E-state index in [9.17, 15) is 0 Å². The Morgan fingerprint density at radius 3 is 2.27 bits per heavy atom. The first-order chi connectivity index (χ1) is 10.3. The van der Waals surface area contributed by atoms with Crippen LogP contribution in [0.4, 0.5) is 0 Å². The molecule has 2 aromatic rings.